The summed E-state index contributed by atoms with van der Waals surface area (Å²) in [6.45, 7) is 4.09. The third-order valence-corrected chi connectivity index (χ3v) is 2.55. The number of nitriles is 1. The van der Waals surface area contributed by atoms with Crippen molar-refractivity contribution in [3.63, 3.8) is 0 Å². The van der Waals surface area contributed by atoms with E-state index in [4.69, 9.17) is 5.26 Å². The third-order valence-electron chi connectivity index (χ3n) is 2.55. The Labute approximate surface area is 105 Å². The zero-order valence-electron chi connectivity index (χ0n) is 10.5. The number of hydrogen-bond donors (Lipinski definition) is 0. The van der Waals surface area contributed by atoms with Crippen LogP contribution in [0.2, 0.25) is 0 Å². The Morgan fingerprint density at radius 2 is 1.94 bits per heavy atom. The smallest absolute Gasteiger partial charge is 0.359 e. The van der Waals surface area contributed by atoms with E-state index in [0.29, 0.717) is 5.69 Å². The number of alkyl halides is 3. The SMILES string of the molecule is Cc1ccc(N(CC(F)(F)F)C(C)C)c(C#N)c1. The summed E-state index contributed by atoms with van der Waals surface area (Å²) in [6.07, 6.45) is -4.29. The second-order valence-corrected chi connectivity index (χ2v) is 4.47. The quantitative estimate of drug-likeness (QED) is 0.825. The Morgan fingerprint density at radius 3 is 2.39 bits per heavy atom. The van der Waals surface area contributed by atoms with Gasteiger partial charge in [0.2, 0.25) is 0 Å². The summed E-state index contributed by atoms with van der Waals surface area (Å²) in [7, 11) is 0. The van der Waals surface area contributed by atoms with E-state index in [1.54, 1.807) is 39.0 Å². The second-order valence-electron chi connectivity index (χ2n) is 4.47. The molecule has 0 saturated heterocycles. The lowest BCUT2D eigenvalue weighted by molar-refractivity contribution is -0.120. The fourth-order valence-electron chi connectivity index (χ4n) is 1.73. The topological polar surface area (TPSA) is 27.0 Å². The molecule has 0 aliphatic rings. The van der Waals surface area contributed by atoms with E-state index in [9.17, 15) is 13.2 Å². The van der Waals surface area contributed by atoms with Crippen LogP contribution in [0.1, 0.15) is 25.0 Å². The van der Waals surface area contributed by atoms with Gasteiger partial charge in [-0.3, -0.25) is 0 Å². The molecule has 0 aliphatic heterocycles. The van der Waals surface area contributed by atoms with Gasteiger partial charge in [0.05, 0.1) is 11.3 Å². The Balaban J connectivity index is 3.19. The molecule has 98 valence electrons. The van der Waals surface area contributed by atoms with Crippen molar-refractivity contribution in [1.82, 2.24) is 0 Å². The average Bonchev–Trinajstić information content (AvgIpc) is 2.24. The van der Waals surface area contributed by atoms with Crippen molar-refractivity contribution >= 4 is 5.69 Å². The number of hydrogen-bond acceptors (Lipinski definition) is 2. The third kappa shape index (κ3) is 3.66. The first-order valence-electron chi connectivity index (χ1n) is 5.58. The van der Waals surface area contributed by atoms with Crippen molar-refractivity contribution in [2.24, 2.45) is 0 Å². The van der Waals surface area contributed by atoms with Crippen molar-refractivity contribution in [3.8, 4) is 6.07 Å². The van der Waals surface area contributed by atoms with Gasteiger partial charge in [-0.2, -0.15) is 18.4 Å². The van der Waals surface area contributed by atoms with Gasteiger partial charge in [-0.1, -0.05) is 6.07 Å². The number of aryl methyl sites for hydroxylation is 1. The number of nitrogens with zero attached hydrogens (tertiary/aromatic N) is 2. The Bertz CT molecular complexity index is 458. The first kappa shape index (κ1) is 14.4. The van der Waals surface area contributed by atoms with Crippen LogP contribution in [0.3, 0.4) is 0 Å². The van der Waals surface area contributed by atoms with E-state index < -0.39 is 12.7 Å². The minimum Gasteiger partial charge on any atom is -0.359 e. The predicted molar refractivity (Wildman–Crippen MR) is 64.4 cm³/mol. The first-order chi connectivity index (χ1) is 8.24. The zero-order chi connectivity index (χ0) is 13.9. The molecule has 0 spiro atoms. The van der Waals surface area contributed by atoms with Crippen molar-refractivity contribution in [2.45, 2.75) is 33.0 Å². The van der Waals surface area contributed by atoms with Crippen LogP contribution in [-0.2, 0) is 0 Å². The second kappa shape index (κ2) is 5.30. The van der Waals surface area contributed by atoms with Crippen LogP contribution in [0.15, 0.2) is 18.2 Å². The van der Waals surface area contributed by atoms with E-state index in [-0.39, 0.29) is 11.6 Å². The zero-order valence-corrected chi connectivity index (χ0v) is 10.5. The van der Waals surface area contributed by atoms with E-state index in [1.165, 1.54) is 4.90 Å². The van der Waals surface area contributed by atoms with Crippen LogP contribution in [0.4, 0.5) is 18.9 Å². The molecule has 18 heavy (non-hydrogen) atoms. The van der Waals surface area contributed by atoms with Gasteiger partial charge in [-0.15, -0.1) is 0 Å². The lowest BCUT2D eigenvalue weighted by Crippen LogP contribution is -2.39. The highest BCUT2D eigenvalue weighted by molar-refractivity contribution is 5.61. The number of rotatable bonds is 3. The summed E-state index contributed by atoms with van der Waals surface area (Å²) in [6, 6.07) is 6.49. The van der Waals surface area contributed by atoms with E-state index in [1.807, 2.05) is 6.07 Å². The highest BCUT2D eigenvalue weighted by Gasteiger charge is 2.32. The molecule has 2 nitrogen and oxygen atoms in total. The summed E-state index contributed by atoms with van der Waals surface area (Å²) in [4.78, 5) is 1.19. The summed E-state index contributed by atoms with van der Waals surface area (Å²) in [5.74, 6) is 0. The normalized spacial score (nSPS) is 11.4. The molecule has 1 aromatic carbocycles. The molecule has 0 unspecified atom stereocenters. The Morgan fingerprint density at radius 1 is 1.33 bits per heavy atom. The van der Waals surface area contributed by atoms with E-state index in [2.05, 4.69) is 0 Å². The van der Waals surface area contributed by atoms with Gasteiger partial charge < -0.3 is 4.90 Å². The molecule has 0 atom stereocenters. The van der Waals surface area contributed by atoms with Crippen molar-refractivity contribution < 1.29 is 13.2 Å². The molecule has 0 saturated carbocycles. The van der Waals surface area contributed by atoms with Gasteiger partial charge >= 0.3 is 6.18 Å². The molecule has 0 bridgehead atoms. The average molecular weight is 256 g/mol. The summed E-state index contributed by atoms with van der Waals surface area (Å²) < 4.78 is 37.6. The highest BCUT2D eigenvalue weighted by Crippen LogP contribution is 2.27. The number of benzene rings is 1. The molecule has 0 radical (unpaired) electrons. The van der Waals surface area contributed by atoms with Gasteiger partial charge in [0.1, 0.15) is 12.6 Å². The molecule has 0 aliphatic carbocycles. The molecular weight excluding hydrogens is 241 g/mol. The van der Waals surface area contributed by atoms with Crippen molar-refractivity contribution in [3.05, 3.63) is 29.3 Å². The van der Waals surface area contributed by atoms with Crippen LogP contribution in [0.25, 0.3) is 0 Å². The molecule has 5 heteroatoms. The Hall–Kier alpha value is -1.70. The molecule has 0 N–H and O–H groups in total. The fraction of sp³-hybridized carbons (Fsp3) is 0.462. The molecule has 1 rings (SSSR count). The highest BCUT2D eigenvalue weighted by atomic mass is 19.4. The predicted octanol–water partition coefficient (Wildman–Crippen LogP) is 3.64. The largest absolute Gasteiger partial charge is 0.405 e. The molecule has 1 aromatic rings. The Kier molecular flexibility index (Phi) is 4.23. The van der Waals surface area contributed by atoms with Crippen molar-refractivity contribution in [1.29, 1.82) is 5.26 Å². The van der Waals surface area contributed by atoms with Crippen LogP contribution < -0.4 is 4.90 Å². The fourth-order valence-corrected chi connectivity index (χ4v) is 1.73. The van der Waals surface area contributed by atoms with Crippen LogP contribution >= 0.6 is 0 Å². The lowest BCUT2D eigenvalue weighted by Gasteiger charge is -2.30. The number of anilines is 1. The maximum atomic E-state index is 12.5. The van der Waals surface area contributed by atoms with Gasteiger partial charge in [0.25, 0.3) is 0 Å². The maximum absolute atomic E-state index is 12.5. The first-order valence-corrected chi connectivity index (χ1v) is 5.58. The van der Waals surface area contributed by atoms with Gasteiger partial charge in [0.15, 0.2) is 0 Å². The van der Waals surface area contributed by atoms with E-state index >= 15 is 0 Å². The molecule has 0 amide bonds. The lowest BCUT2D eigenvalue weighted by atomic mass is 10.1. The minimum atomic E-state index is -4.29. The van der Waals surface area contributed by atoms with Gasteiger partial charge in [-0.05, 0) is 38.5 Å². The summed E-state index contributed by atoms with van der Waals surface area (Å²) >= 11 is 0. The molecule has 0 aromatic heterocycles. The molecule has 0 fully saturated rings. The van der Waals surface area contributed by atoms with Crippen LogP contribution in [-0.4, -0.2) is 18.8 Å². The molecule has 0 heterocycles. The monoisotopic (exact) mass is 256 g/mol. The van der Waals surface area contributed by atoms with Crippen molar-refractivity contribution in [2.75, 3.05) is 11.4 Å². The van der Waals surface area contributed by atoms with Gasteiger partial charge in [0, 0.05) is 6.04 Å². The summed E-state index contributed by atoms with van der Waals surface area (Å²) in [5.41, 5.74) is 1.45. The van der Waals surface area contributed by atoms with E-state index in [0.717, 1.165) is 5.56 Å². The standard InChI is InChI=1S/C13H15F3N2/c1-9(2)18(8-13(14,15)16)12-5-4-10(3)6-11(12)7-17/h4-6,9H,8H2,1-3H3. The van der Waals surface area contributed by atoms with Crippen LogP contribution in [0, 0.1) is 18.3 Å². The summed E-state index contributed by atoms with van der Waals surface area (Å²) in [5, 5.41) is 9.01. The molecular formula is C13H15F3N2. The number of halogens is 3. The van der Waals surface area contributed by atoms with Gasteiger partial charge in [-0.25, -0.2) is 0 Å². The minimum absolute atomic E-state index is 0.271. The maximum Gasteiger partial charge on any atom is 0.405 e. The van der Waals surface area contributed by atoms with Crippen LogP contribution in [0.5, 0.6) is 0 Å².